The van der Waals surface area contributed by atoms with E-state index in [9.17, 15) is 4.79 Å². The highest BCUT2D eigenvalue weighted by atomic mass is 16.2. The van der Waals surface area contributed by atoms with E-state index in [-0.39, 0.29) is 5.91 Å². The number of hydrogen-bond donors (Lipinski definition) is 1. The highest BCUT2D eigenvalue weighted by Gasteiger charge is 2.31. The van der Waals surface area contributed by atoms with Crippen LogP contribution in [0.15, 0.2) is 30.5 Å². The Labute approximate surface area is 119 Å². The Morgan fingerprint density at radius 1 is 1.40 bits per heavy atom. The Morgan fingerprint density at radius 3 is 2.85 bits per heavy atom. The van der Waals surface area contributed by atoms with E-state index >= 15 is 0 Å². The van der Waals surface area contributed by atoms with Crippen LogP contribution in [0.2, 0.25) is 0 Å². The van der Waals surface area contributed by atoms with Gasteiger partial charge in [-0.25, -0.2) is 0 Å². The lowest BCUT2D eigenvalue weighted by atomic mass is 10.1. The molecule has 0 spiro atoms. The number of likely N-dealkylation sites (N-methyl/N-ethyl adjacent to an activating group) is 1. The first-order valence-electron chi connectivity index (χ1n) is 7.31. The highest BCUT2D eigenvalue weighted by Crippen LogP contribution is 2.27. The second kappa shape index (κ2) is 5.29. The summed E-state index contributed by atoms with van der Waals surface area (Å²) in [6.07, 6.45) is 4.30. The summed E-state index contributed by atoms with van der Waals surface area (Å²) in [6, 6.07) is 8.63. The molecular weight excluding hydrogens is 250 g/mol. The zero-order valence-electron chi connectivity index (χ0n) is 11.9. The molecule has 1 aromatic carbocycles. The Bertz CT molecular complexity index is 628. The van der Waals surface area contributed by atoms with Crippen LogP contribution in [0.25, 0.3) is 10.9 Å². The first-order valence-corrected chi connectivity index (χ1v) is 7.31. The van der Waals surface area contributed by atoms with E-state index in [1.54, 1.807) is 0 Å². The van der Waals surface area contributed by atoms with Crippen LogP contribution in [0.4, 0.5) is 0 Å². The van der Waals surface area contributed by atoms with Crippen LogP contribution in [0.5, 0.6) is 0 Å². The third-order valence-electron chi connectivity index (χ3n) is 4.08. The average Bonchev–Trinajstić information content (AvgIpc) is 3.21. The molecule has 1 aromatic heterocycles. The summed E-state index contributed by atoms with van der Waals surface area (Å²) in [7, 11) is 0. The highest BCUT2D eigenvalue weighted by molar-refractivity contribution is 5.86. The Balaban J connectivity index is 1.85. The largest absolute Gasteiger partial charge is 0.338 e. The minimum atomic E-state index is 0.214. The molecule has 0 bridgehead atoms. The quantitative estimate of drug-likeness (QED) is 0.905. The summed E-state index contributed by atoms with van der Waals surface area (Å²) in [5.74, 6) is 0.214. The van der Waals surface area contributed by atoms with Crippen molar-refractivity contribution in [2.75, 3.05) is 6.54 Å². The maximum Gasteiger partial charge on any atom is 0.242 e. The smallest absolute Gasteiger partial charge is 0.242 e. The fourth-order valence-electron chi connectivity index (χ4n) is 2.86. The van der Waals surface area contributed by atoms with Gasteiger partial charge in [0.1, 0.15) is 6.54 Å². The van der Waals surface area contributed by atoms with Crippen molar-refractivity contribution >= 4 is 16.8 Å². The number of nitrogens with two attached hydrogens (primary N) is 1. The van der Waals surface area contributed by atoms with Crippen molar-refractivity contribution in [3.63, 3.8) is 0 Å². The molecule has 0 unspecified atom stereocenters. The standard InChI is InChI=1S/C16H21N3O/c1-2-19(13-6-7-13)16(20)11-18-9-8-14-12(10-17)4-3-5-15(14)18/h3-5,8-9,13H,2,6-7,10-11,17H2,1H3. The Morgan fingerprint density at radius 2 is 2.20 bits per heavy atom. The van der Waals surface area contributed by atoms with Crippen molar-refractivity contribution in [2.24, 2.45) is 5.73 Å². The van der Waals surface area contributed by atoms with Gasteiger partial charge in [-0.05, 0) is 37.5 Å². The molecule has 1 fully saturated rings. The van der Waals surface area contributed by atoms with Crippen molar-refractivity contribution in [1.29, 1.82) is 0 Å². The maximum atomic E-state index is 12.4. The van der Waals surface area contributed by atoms with Crippen LogP contribution < -0.4 is 5.73 Å². The number of amides is 1. The van der Waals surface area contributed by atoms with Crippen molar-refractivity contribution < 1.29 is 4.79 Å². The minimum absolute atomic E-state index is 0.214. The summed E-state index contributed by atoms with van der Waals surface area (Å²) < 4.78 is 2.03. The molecule has 1 aliphatic carbocycles. The third-order valence-corrected chi connectivity index (χ3v) is 4.08. The molecule has 1 amide bonds. The van der Waals surface area contributed by atoms with Gasteiger partial charge in [0.05, 0.1) is 0 Å². The van der Waals surface area contributed by atoms with E-state index in [0.29, 0.717) is 19.1 Å². The second-order valence-corrected chi connectivity index (χ2v) is 5.41. The predicted octanol–water partition coefficient (Wildman–Crippen LogP) is 2.11. The van der Waals surface area contributed by atoms with Gasteiger partial charge in [-0.1, -0.05) is 12.1 Å². The number of carbonyl (C=O) groups is 1. The van der Waals surface area contributed by atoms with Gasteiger partial charge in [-0.2, -0.15) is 0 Å². The molecule has 4 nitrogen and oxygen atoms in total. The molecule has 20 heavy (non-hydrogen) atoms. The molecule has 1 aliphatic rings. The van der Waals surface area contributed by atoms with Gasteiger partial charge in [0.25, 0.3) is 0 Å². The first kappa shape index (κ1) is 13.2. The number of rotatable bonds is 5. The van der Waals surface area contributed by atoms with Crippen molar-refractivity contribution in [2.45, 2.75) is 38.9 Å². The van der Waals surface area contributed by atoms with Crippen LogP contribution >= 0.6 is 0 Å². The molecule has 106 valence electrons. The first-order chi connectivity index (χ1) is 9.74. The summed E-state index contributed by atoms with van der Waals surface area (Å²) in [5.41, 5.74) is 7.98. The number of hydrogen-bond acceptors (Lipinski definition) is 2. The lowest BCUT2D eigenvalue weighted by Gasteiger charge is -2.20. The van der Waals surface area contributed by atoms with Gasteiger partial charge < -0.3 is 15.2 Å². The average molecular weight is 271 g/mol. The van der Waals surface area contributed by atoms with Gasteiger partial charge in [-0.3, -0.25) is 4.79 Å². The molecule has 0 radical (unpaired) electrons. The Kier molecular flexibility index (Phi) is 3.49. The molecule has 2 aromatic rings. The molecule has 4 heteroatoms. The fourth-order valence-corrected chi connectivity index (χ4v) is 2.86. The molecule has 3 rings (SSSR count). The number of benzene rings is 1. The molecule has 0 atom stereocenters. The molecule has 0 saturated heterocycles. The van der Waals surface area contributed by atoms with E-state index in [1.165, 1.54) is 0 Å². The lowest BCUT2D eigenvalue weighted by molar-refractivity contribution is -0.132. The molecule has 0 aliphatic heterocycles. The molecule has 2 N–H and O–H groups in total. The number of aromatic nitrogens is 1. The number of carbonyl (C=O) groups excluding carboxylic acids is 1. The summed E-state index contributed by atoms with van der Waals surface area (Å²) in [5, 5.41) is 1.15. The van der Waals surface area contributed by atoms with Gasteiger partial charge >= 0.3 is 0 Å². The number of fused-ring (bicyclic) bond motifs is 1. The topological polar surface area (TPSA) is 51.3 Å². The predicted molar refractivity (Wildman–Crippen MR) is 80.2 cm³/mol. The summed E-state index contributed by atoms with van der Waals surface area (Å²) >= 11 is 0. The van der Waals surface area contributed by atoms with Crippen LogP contribution in [0.3, 0.4) is 0 Å². The van der Waals surface area contributed by atoms with E-state index in [2.05, 4.69) is 19.1 Å². The molecule has 1 heterocycles. The van der Waals surface area contributed by atoms with E-state index in [0.717, 1.165) is 35.9 Å². The van der Waals surface area contributed by atoms with Crippen molar-refractivity contribution in [1.82, 2.24) is 9.47 Å². The normalized spacial score (nSPS) is 14.7. The zero-order chi connectivity index (χ0) is 14.1. The maximum absolute atomic E-state index is 12.4. The van der Waals surface area contributed by atoms with Crippen molar-refractivity contribution in [3.05, 3.63) is 36.0 Å². The number of nitrogens with zero attached hydrogens (tertiary/aromatic N) is 2. The molecular formula is C16H21N3O. The SMILES string of the molecule is CCN(C(=O)Cn1ccc2c(CN)cccc21)C1CC1. The Hall–Kier alpha value is -1.81. The minimum Gasteiger partial charge on any atom is -0.338 e. The third kappa shape index (κ3) is 2.31. The second-order valence-electron chi connectivity index (χ2n) is 5.41. The fraction of sp³-hybridized carbons (Fsp3) is 0.438. The van der Waals surface area contributed by atoms with E-state index in [1.807, 2.05) is 27.8 Å². The van der Waals surface area contributed by atoms with Crippen molar-refractivity contribution in [3.8, 4) is 0 Å². The van der Waals surface area contributed by atoms with Gasteiger partial charge in [0, 0.05) is 36.2 Å². The van der Waals surface area contributed by atoms with Crippen LogP contribution in [-0.4, -0.2) is 28.0 Å². The monoisotopic (exact) mass is 271 g/mol. The van der Waals surface area contributed by atoms with E-state index < -0.39 is 0 Å². The lowest BCUT2D eigenvalue weighted by Crippen LogP contribution is -2.35. The zero-order valence-corrected chi connectivity index (χ0v) is 11.9. The summed E-state index contributed by atoms with van der Waals surface area (Å²) in [4.78, 5) is 14.4. The molecule has 1 saturated carbocycles. The van der Waals surface area contributed by atoms with Gasteiger partial charge in [-0.15, -0.1) is 0 Å². The van der Waals surface area contributed by atoms with Crippen LogP contribution in [-0.2, 0) is 17.9 Å². The van der Waals surface area contributed by atoms with E-state index in [4.69, 9.17) is 5.73 Å². The summed E-state index contributed by atoms with van der Waals surface area (Å²) in [6.45, 7) is 3.80. The van der Waals surface area contributed by atoms with Crippen LogP contribution in [0.1, 0.15) is 25.3 Å². The van der Waals surface area contributed by atoms with Gasteiger partial charge in [0.2, 0.25) is 5.91 Å². The van der Waals surface area contributed by atoms with Crippen LogP contribution in [0, 0.1) is 0 Å². The van der Waals surface area contributed by atoms with Gasteiger partial charge in [0.15, 0.2) is 0 Å².